The van der Waals surface area contributed by atoms with Crippen molar-refractivity contribution in [2.45, 2.75) is 12.6 Å². The molecule has 8 nitrogen and oxygen atoms in total. The van der Waals surface area contributed by atoms with Crippen molar-refractivity contribution in [1.82, 2.24) is 25.6 Å². The van der Waals surface area contributed by atoms with Gasteiger partial charge in [0.2, 0.25) is 18.1 Å². The van der Waals surface area contributed by atoms with E-state index < -0.39 is 6.04 Å². The van der Waals surface area contributed by atoms with Crippen LogP contribution in [0.4, 0.5) is 0 Å². The van der Waals surface area contributed by atoms with Crippen LogP contribution in [-0.2, 0) is 6.54 Å². The zero-order chi connectivity index (χ0) is 24.2. The highest BCUT2D eigenvalue weighted by Gasteiger charge is 2.22. The average molecular weight is 506 g/mol. The van der Waals surface area contributed by atoms with Gasteiger partial charge in [-0.25, -0.2) is 0 Å². The van der Waals surface area contributed by atoms with Gasteiger partial charge in [0.1, 0.15) is 6.54 Å². The first-order valence-electron chi connectivity index (χ1n) is 10.7. The standard InChI is InChI=1S/C25H18Cl2N6O2/c26-19-10-11-20(21(27)12-19)22(13-33-15-28-14-29-33)30-23(34)16-6-8-18(9-7-16)25-32-31-24(35-25)17-4-2-1-3-5-17/h1-12,14-15,22H,13H2,(H,30,34)/p+1/t22-/m0/s1. The molecule has 0 saturated carbocycles. The molecular formula is C25H19Cl2N6O2+. The molecule has 0 fully saturated rings. The Labute approximate surface area is 210 Å². The van der Waals surface area contributed by atoms with E-state index in [1.54, 1.807) is 59.8 Å². The Bertz CT molecular complexity index is 1440. The minimum absolute atomic E-state index is 0.261. The van der Waals surface area contributed by atoms with Gasteiger partial charge in [-0.2, -0.15) is 9.78 Å². The third-order valence-electron chi connectivity index (χ3n) is 5.37. The van der Waals surface area contributed by atoms with Gasteiger partial charge in [-0.1, -0.05) is 47.5 Å². The first-order chi connectivity index (χ1) is 17.1. The van der Waals surface area contributed by atoms with Crippen molar-refractivity contribution in [3.63, 3.8) is 0 Å². The Hall–Kier alpha value is -4.01. The molecule has 0 spiro atoms. The van der Waals surface area contributed by atoms with E-state index in [1.807, 2.05) is 30.3 Å². The first-order valence-corrected chi connectivity index (χ1v) is 11.5. The lowest BCUT2D eigenvalue weighted by molar-refractivity contribution is -0.754. The van der Waals surface area contributed by atoms with Crippen molar-refractivity contribution in [2.75, 3.05) is 0 Å². The molecule has 1 atom stereocenters. The fourth-order valence-electron chi connectivity index (χ4n) is 3.60. The molecule has 0 radical (unpaired) electrons. The maximum absolute atomic E-state index is 13.1. The van der Waals surface area contributed by atoms with E-state index in [0.717, 1.165) is 11.1 Å². The summed E-state index contributed by atoms with van der Waals surface area (Å²) in [5, 5.41) is 15.3. The van der Waals surface area contributed by atoms with Gasteiger partial charge in [0.25, 0.3) is 5.91 Å². The lowest BCUT2D eigenvalue weighted by atomic mass is 10.1. The number of hydrogen-bond donors (Lipinski definition) is 2. The van der Waals surface area contributed by atoms with Gasteiger partial charge in [0, 0.05) is 26.7 Å². The fourth-order valence-corrected chi connectivity index (χ4v) is 4.14. The summed E-state index contributed by atoms with van der Waals surface area (Å²) in [7, 11) is 0. The SMILES string of the molecule is O=C(N[C@@H](C[n+]1cnc[nH]1)c1ccc(Cl)cc1Cl)c1ccc(-c2nnc(-c3ccccc3)o2)cc1. The van der Waals surface area contributed by atoms with Gasteiger partial charge in [-0.05, 0) is 59.1 Å². The zero-order valence-corrected chi connectivity index (χ0v) is 19.7. The van der Waals surface area contributed by atoms with Crippen molar-refractivity contribution < 1.29 is 13.9 Å². The van der Waals surface area contributed by atoms with Crippen LogP contribution in [-0.4, -0.2) is 26.2 Å². The van der Waals surface area contributed by atoms with Crippen LogP contribution in [0.5, 0.6) is 0 Å². The normalized spacial score (nSPS) is 11.8. The molecule has 2 heterocycles. The van der Waals surface area contributed by atoms with Crippen molar-refractivity contribution in [3.8, 4) is 22.9 Å². The van der Waals surface area contributed by atoms with Crippen LogP contribution < -0.4 is 10.00 Å². The molecule has 10 heteroatoms. The second-order valence-corrected chi connectivity index (χ2v) is 8.57. The number of aromatic nitrogens is 5. The molecular weight excluding hydrogens is 487 g/mol. The maximum atomic E-state index is 13.1. The summed E-state index contributed by atoms with van der Waals surface area (Å²) in [4.78, 5) is 17.1. The number of hydrogen-bond acceptors (Lipinski definition) is 5. The number of nitrogens with zero attached hydrogens (tertiary/aromatic N) is 4. The molecule has 0 bridgehead atoms. The Kier molecular flexibility index (Phi) is 6.56. The number of benzene rings is 3. The molecule has 35 heavy (non-hydrogen) atoms. The van der Waals surface area contributed by atoms with E-state index in [9.17, 15) is 4.79 Å². The maximum Gasteiger partial charge on any atom is 0.306 e. The summed E-state index contributed by atoms with van der Waals surface area (Å²) in [5.74, 6) is 0.543. The highest BCUT2D eigenvalue weighted by Crippen LogP contribution is 2.27. The zero-order valence-electron chi connectivity index (χ0n) is 18.2. The number of carbonyl (C=O) groups is 1. The molecule has 0 saturated heterocycles. The molecule has 174 valence electrons. The van der Waals surface area contributed by atoms with Crippen LogP contribution >= 0.6 is 23.2 Å². The van der Waals surface area contributed by atoms with E-state index in [0.29, 0.717) is 39.5 Å². The summed E-state index contributed by atoms with van der Waals surface area (Å²) in [6.07, 6.45) is 3.19. The van der Waals surface area contributed by atoms with Gasteiger partial charge in [0.05, 0.1) is 6.04 Å². The second-order valence-electron chi connectivity index (χ2n) is 7.72. The van der Waals surface area contributed by atoms with E-state index >= 15 is 0 Å². The highest BCUT2D eigenvalue weighted by molar-refractivity contribution is 6.35. The first kappa shape index (κ1) is 22.8. The lowest BCUT2D eigenvalue weighted by Gasteiger charge is -2.19. The number of H-pyrrole nitrogens is 1. The van der Waals surface area contributed by atoms with Gasteiger partial charge >= 0.3 is 6.33 Å². The molecule has 3 aromatic carbocycles. The number of amides is 1. The fraction of sp³-hybridized carbons (Fsp3) is 0.0800. The van der Waals surface area contributed by atoms with Gasteiger partial charge in [-0.15, -0.1) is 10.2 Å². The number of carbonyl (C=O) groups excluding carboxylic acids is 1. The topological polar surface area (TPSA) is 101 Å². The van der Waals surface area contributed by atoms with Crippen LogP contribution in [0.1, 0.15) is 22.0 Å². The number of nitrogens with one attached hydrogen (secondary N) is 2. The van der Waals surface area contributed by atoms with E-state index in [2.05, 4.69) is 25.6 Å². The van der Waals surface area contributed by atoms with Crippen LogP contribution in [0.15, 0.2) is 89.9 Å². The minimum atomic E-state index is -0.429. The number of halogens is 2. The van der Waals surface area contributed by atoms with Crippen LogP contribution in [0.25, 0.3) is 22.9 Å². The molecule has 0 unspecified atom stereocenters. The summed E-state index contributed by atoms with van der Waals surface area (Å²) < 4.78 is 7.55. The van der Waals surface area contributed by atoms with Crippen molar-refractivity contribution in [2.24, 2.45) is 0 Å². The van der Waals surface area contributed by atoms with Crippen molar-refractivity contribution >= 4 is 29.1 Å². The summed E-state index contributed by atoms with van der Waals surface area (Å²) >= 11 is 12.5. The molecule has 0 aliphatic heterocycles. The Morgan fingerprint density at radius 1 is 0.971 bits per heavy atom. The number of aromatic amines is 1. The van der Waals surface area contributed by atoms with Gasteiger partial charge in [0.15, 0.2) is 0 Å². The Balaban J connectivity index is 1.34. The molecule has 2 aromatic heterocycles. The largest absolute Gasteiger partial charge is 0.416 e. The monoisotopic (exact) mass is 505 g/mol. The van der Waals surface area contributed by atoms with E-state index in [4.69, 9.17) is 27.6 Å². The predicted octanol–water partition coefficient (Wildman–Crippen LogP) is 4.89. The third-order valence-corrected chi connectivity index (χ3v) is 5.93. The average Bonchev–Trinajstić information content (AvgIpc) is 3.57. The molecule has 2 N–H and O–H groups in total. The summed E-state index contributed by atoms with van der Waals surface area (Å²) in [6.45, 7) is 0.398. The van der Waals surface area contributed by atoms with Crippen LogP contribution in [0.3, 0.4) is 0 Å². The Morgan fingerprint density at radius 2 is 1.69 bits per heavy atom. The molecule has 5 rings (SSSR count). The van der Waals surface area contributed by atoms with E-state index in [-0.39, 0.29) is 5.91 Å². The quantitative estimate of drug-likeness (QED) is 0.306. The van der Waals surface area contributed by atoms with Crippen LogP contribution in [0.2, 0.25) is 10.0 Å². The Morgan fingerprint density at radius 3 is 2.34 bits per heavy atom. The molecule has 0 aliphatic carbocycles. The highest BCUT2D eigenvalue weighted by atomic mass is 35.5. The summed E-state index contributed by atoms with van der Waals surface area (Å²) in [5.41, 5.74) is 2.76. The lowest BCUT2D eigenvalue weighted by Crippen LogP contribution is -2.43. The predicted molar refractivity (Wildman–Crippen MR) is 131 cm³/mol. The second kappa shape index (κ2) is 10.1. The summed E-state index contributed by atoms with van der Waals surface area (Å²) in [6, 6.07) is 21.2. The van der Waals surface area contributed by atoms with E-state index in [1.165, 1.54) is 0 Å². The van der Waals surface area contributed by atoms with Crippen LogP contribution in [0, 0.1) is 0 Å². The van der Waals surface area contributed by atoms with Gasteiger partial charge < -0.3 is 9.73 Å². The van der Waals surface area contributed by atoms with Crippen molar-refractivity contribution in [1.29, 1.82) is 0 Å². The molecule has 1 amide bonds. The van der Waals surface area contributed by atoms with Crippen molar-refractivity contribution in [3.05, 3.63) is 107 Å². The minimum Gasteiger partial charge on any atom is -0.416 e. The molecule has 5 aromatic rings. The smallest absolute Gasteiger partial charge is 0.306 e. The van der Waals surface area contributed by atoms with Gasteiger partial charge in [-0.3, -0.25) is 4.79 Å². The number of rotatable bonds is 7. The molecule has 0 aliphatic rings. The third kappa shape index (κ3) is 5.24.